The van der Waals surface area contributed by atoms with Crippen molar-refractivity contribution >= 4 is 17.1 Å². The summed E-state index contributed by atoms with van der Waals surface area (Å²) in [5, 5.41) is 3.68. The molecular formula is C34H33N3O4. The molecule has 5 rings (SSSR count). The molecule has 0 saturated carbocycles. The second-order valence-corrected chi connectivity index (χ2v) is 10.9. The van der Waals surface area contributed by atoms with Gasteiger partial charge in [-0.05, 0) is 78.8 Å². The van der Waals surface area contributed by atoms with Crippen LogP contribution in [0, 0.1) is 0 Å². The van der Waals surface area contributed by atoms with Crippen LogP contribution >= 0.6 is 0 Å². The Morgan fingerprint density at radius 1 is 0.829 bits per heavy atom. The lowest BCUT2D eigenvalue weighted by Gasteiger charge is -2.19. The number of carbonyl (C=O) groups is 1. The first-order chi connectivity index (χ1) is 19.7. The van der Waals surface area contributed by atoms with Gasteiger partial charge in [-0.3, -0.25) is 4.79 Å². The van der Waals surface area contributed by atoms with Crippen LogP contribution in [0.1, 0.15) is 43.0 Å². The van der Waals surface area contributed by atoms with Gasteiger partial charge in [-0.15, -0.1) is 4.73 Å². The van der Waals surface area contributed by atoms with E-state index in [-0.39, 0.29) is 12.2 Å². The highest BCUT2D eigenvalue weighted by Crippen LogP contribution is 2.24. The van der Waals surface area contributed by atoms with Gasteiger partial charge >= 0.3 is 6.09 Å². The Hall–Kier alpha value is -4.91. The molecule has 7 heteroatoms. The first-order valence-corrected chi connectivity index (χ1v) is 13.6. The zero-order chi connectivity index (χ0) is 28.8. The maximum absolute atomic E-state index is 13.1. The van der Waals surface area contributed by atoms with Gasteiger partial charge in [0.25, 0.3) is 5.56 Å². The summed E-state index contributed by atoms with van der Waals surface area (Å²) in [6.45, 7) is 6.14. The van der Waals surface area contributed by atoms with Crippen LogP contribution in [0.2, 0.25) is 0 Å². The quantitative estimate of drug-likeness (QED) is 0.246. The molecule has 1 amide bonds. The van der Waals surface area contributed by atoms with Gasteiger partial charge < -0.3 is 14.9 Å². The van der Waals surface area contributed by atoms with Gasteiger partial charge in [0, 0.05) is 24.2 Å². The predicted octanol–water partition coefficient (Wildman–Crippen LogP) is 6.31. The van der Waals surface area contributed by atoms with E-state index in [1.165, 1.54) is 4.73 Å². The molecule has 0 unspecified atom stereocenters. The second kappa shape index (κ2) is 12.1. The number of benzene rings is 3. The normalized spacial score (nSPS) is 11.3. The lowest BCUT2D eigenvalue weighted by atomic mass is 9.97. The molecule has 208 valence electrons. The van der Waals surface area contributed by atoms with Crippen molar-refractivity contribution in [2.24, 2.45) is 0 Å². The Labute approximate surface area is 239 Å². The number of hydrogen-bond acceptors (Lipinski definition) is 5. The fourth-order valence-electron chi connectivity index (χ4n) is 4.61. The molecule has 0 saturated heterocycles. The average Bonchev–Trinajstić information content (AvgIpc) is 2.96. The van der Waals surface area contributed by atoms with Crippen LogP contribution < -0.4 is 15.7 Å². The number of fused-ring (bicyclic) bond motifs is 1. The molecule has 7 nitrogen and oxygen atoms in total. The molecule has 0 atom stereocenters. The monoisotopic (exact) mass is 547 g/mol. The molecule has 0 aliphatic rings. The van der Waals surface area contributed by atoms with Crippen molar-refractivity contribution in [3.05, 3.63) is 136 Å². The van der Waals surface area contributed by atoms with Crippen LogP contribution in [0.4, 0.5) is 4.79 Å². The summed E-state index contributed by atoms with van der Waals surface area (Å²) in [4.78, 5) is 35.6. The fourth-order valence-corrected chi connectivity index (χ4v) is 4.61. The Kier molecular flexibility index (Phi) is 8.15. The number of nitrogens with one attached hydrogen (secondary N) is 1. The molecular weight excluding hydrogens is 514 g/mol. The number of hydrogen-bond donors (Lipinski definition) is 1. The molecule has 0 bridgehead atoms. The lowest BCUT2D eigenvalue weighted by molar-refractivity contribution is 0.0523. The first-order valence-electron chi connectivity index (χ1n) is 13.6. The minimum absolute atomic E-state index is 0.261. The van der Waals surface area contributed by atoms with E-state index in [4.69, 9.17) is 9.57 Å². The first kappa shape index (κ1) is 27.6. The van der Waals surface area contributed by atoms with Crippen LogP contribution in [0.25, 0.3) is 22.2 Å². The zero-order valence-corrected chi connectivity index (χ0v) is 23.5. The third-order valence-electron chi connectivity index (χ3n) is 6.44. The molecule has 1 N–H and O–H groups in total. The van der Waals surface area contributed by atoms with E-state index in [1.54, 1.807) is 12.3 Å². The van der Waals surface area contributed by atoms with E-state index in [2.05, 4.69) is 34.6 Å². The maximum Gasteiger partial charge on any atom is 0.407 e. The van der Waals surface area contributed by atoms with Crippen molar-refractivity contribution in [3.63, 3.8) is 0 Å². The number of rotatable bonds is 8. The predicted molar refractivity (Wildman–Crippen MR) is 160 cm³/mol. The summed E-state index contributed by atoms with van der Waals surface area (Å²) in [5.41, 5.74) is 5.64. The van der Waals surface area contributed by atoms with E-state index < -0.39 is 11.7 Å². The topological polar surface area (TPSA) is 82.5 Å². The van der Waals surface area contributed by atoms with E-state index in [0.717, 1.165) is 38.8 Å². The number of pyridine rings is 2. The van der Waals surface area contributed by atoms with Crippen molar-refractivity contribution in [1.82, 2.24) is 15.0 Å². The average molecular weight is 548 g/mol. The van der Waals surface area contributed by atoms with Gasteiger partial charge in [0.05, 0.1) is 0 Å². The van der Waals surface area contributed by atoms with E-state index in [1.807, 2.05) is 87.5 Å². The third kappa shape index (κ3) is 7.19. The second-order valence-electron chi connectivity index (χ2n) is 10.9. The van der Waals surface area contributed by atoms with Crippen LogP contribution in [0.5, 0.6) is 0 Å². The Bertz CT molecular complexity index is 1720. The summed E-state index contributed by atoms with van der Waals surface area (Å²) < 4.78 is 6.62. The molecule has 5 aromatic rings. The fraction of sp³-hybridized carbons (Fsp3) is 0.206. The summed E-state index contributed by atoms with van der Waals surface area (Å²) in [7, 11) is 0. The summed E-state index contributed by atoms with van der Waals surface area (Å²) >= 11 is 0. The van der Waals surface area contributed by atoms with Crippen LogP contribution in [0.15, 0.2) is 108 Å². The molecule has 2 aromatic heterocycles. The van der Waals surface area contributed by atoms with Gasteiger partial charge in [-0.2, -0.15) is 0 Å². The van der Waals surface area contributed by atoms with Crippen LogP contribution in [0.3, 0.4) is 0 Å². The molecule has 0 radical (unpaired) electrons. The molecule has 0 spiro atoms. The highest BCUT2D eigenvalue weighted by atomic mass is 16.7. The molecule has 41 heavy (non-hydrogen) atoms. The number of amides is 1. The van der Waals surface area contributed by atoms with Crippen molar-refractivity contribution < 1.29 is 14.4 Å². The highest BCUT2D eigenvalue weighted by molar-refractivity contribution is 5.79. The minimum Gasteiger partial charge on any atom is -0.444 e. The summed E-state index contributed by atoms with van der Waals surface area (Å²) in [5.74, 6) is 0. The number of carbonyl (C=O) groups excluding carboxylic acids is 1. The van der Waals surface area contributed by atoms with Gasteiger partial charge in [-0.1, -0.05) is 72.8 Å². The van der Waals surface area contributed by atoms with Crippen LogP contribution in [-0.2, 0) is 24.3 Å². The van der Waals surface area contributed by atoms with Gasteiger partial charge in [0.1, 0.15) is 12.2 Å². The van der Waals surface area contributed by atoms with Crippen molar-refractivity contribution in [3.8, 4) is 11.1 Å². The Balaban J connectivity index is 1.36. The summed E-state index contributed by atoms with van der Waals surface area (Å²) in [6, 6.07) is 31.5. The molecule has 0 fully saturated rings. The SMILES string of the molecule is CC(C)(C)OC(=O)NCc1cccc(-c2cccc(Cc3cc(=O)n(OCc4ccccc4)c4ncccc34)c2)c1. The molecule has 0 aliphatic carbocycles. The number of ether oxygens (including phenoxy) is 1. The highest BCUT2D eigenvalue weighted by Gasteiger charge is 2.16. The Morgan fingerprint density at radius 3 is 2.24 bits per heavy atom. The molecule has 2 heterocycles. The van der Waals surface area contributed by atoms with E-state index in [9.17, 15) is 9.59 Å². The molecule has 0 aliphatic heterocycles. The van der Waals surface area contributed by atoms with Crippen molar-refractivity contribution in [2.75, 3.05) is 0 Å². The van der Waals surface area contributed by atoms with Crippen LogP contribution in [-0.4, -0.2) is 21.4 Å². The maximum atomic E-state index is 13.1. The lowest BCUT2D eigenvalue weighted by Crippen LogP contribution is -2.32. The Morgan fingerprint density at radius 2 is 1.51 bits per heavy atom. The number of alkyl carbamates (subject to hydrolysis) is 1. The van der Waals surface area contributed by atoms with Crippen molar-refractivity contribution in [1.29, 1.82) is 0 Å². The molecule has 3 aromatic carbocycles. The smallest absolute Gasteiger partial charge is 0.407 e. The largest absolute Gasteiger partial charge is 0.444 e. The minimum atomic E-state index is -0.547. The zero-order valence-electron chi connectivity index (χ0n) is 23.5. The number of nitrogens with zero attached hydrogens (tertiary/aromatic N) is 2. The standard InChI is InChI=1S/C34H33N3O4/c1-34(2,3)41-33(39)36-22-26-13-8-15-28(20-26)27-14-7-12-25(18-27)19-29-21-31(38)37(32-30(29)16-9-17-35-32)40-23-24-10-5-4-6-11-24/h4-18,20-21H,19,22-23H2,1-3H3,(H,36,39). The van der Waals surface area contributed by atoms with Gasteiger partial charge in [-0.25, -0.2) is 9.78 Å². The van der Waals surface area contributed by atoms with Crippen molar-refractivity contribution in [2.45, 2.75) is 45.9 Å². The van der Waals surface area contributed by atoms with Gasteiger partial charge in [0.15, 0.2) is 5.65 Å². The summed E-state index contributed by atoms with van der Waals surface area (Å²) in [6.07, 6.45) is 1.78. The number of aromatic nitrogens is 2. The van der Waals surface area contributed by atoms with E-state index in [0.29, 0.717) is 18.6 Å². The van der Waals surface area contributed by atoms with Gasteiger partial charge in [0.2, 0.25) is 0 Å². The van der Waals surface area contributed by atoms with E-state index >= 15 is 0 Å². The third-order valence-corrected chi connectivity index (χ3v) is 6.44.